The van der Waals surface area contributed by atoms with Gasteiger partial charge in [0.05, 0.1) is 16.6 Å². The quantitative estimate of drug-likeness (QED) is 0.448. The van der Waals surface area contributed by atoms with E-state index in [1.807, 2.05) is 0 Å². The van der Waals surface area contributed by atoms with E-state index in [2.05, 4.69) is 12.2 Å². The second-order valence-corrected chi connectivity index (χ2v) is 8.34. The molecule has 0 saturated carbocycles. The van der Waals surface area contributed by atoms with Crippen LogP contribution in [0.3, 0.4) is 0 Å². The minimum Gasteiger partial charge on any atom is -0.459 e. The monoisotopic (exact) mass is 402 g/mol. The molecule has 0 saturated heterocycles. The van der Waals surface area contributed by atoms with Crippen LogP contribution < -0.4 is 5.32 Å². The van der Waals surface area contributed by atoms with Gasteiger partial charge in [-0.1, -0.05) is 19.1 Å². The van der Waals surface area contributed by atoms with Crippen LogP contribution in [0.1, 0.15) is 58.3 Å². The summed E-state index contributed by atoms with van der Waals surface area (Å²) >= 11 is 1.36. The molecule has 1 N–H and O–H groups in total. The van der Waals surface area contributed by atoms with Crippen molar-refractivity contribution in [1.82, 2.24) is 0 Å². The fraction of sp³-hybridized carbons (Fsp3) is 0.400. The van der Waals surface area contributed by atoms with Gasteiger partial charge in [0.1, 0.15) is 10.6 Å². The van der Waals surface area contributed by atoms with Crippen LogP contribution in [0.5, 0.6) is 0 Å². The minimum atomic E-state index is -0.613. The number of benzene rings is 1. The molecule has 1 amide bonds. The Balaban J connectivity index is 1.99. The number of esters is 1. The number of nitrogens with one attached hydrogen (secondary N) is 1. The lowest BCUT2D eigenvalue weighted by Crippen LogP contribution is -2.19. The van der Waals surface area contributed by atoms with Gasteiger partial charge in [0, 0.05) is 10.9 Å². The molecule has 0 radical (unpaired) electrons. The summed E-state index contributed by atoms with van der Waals surface area (Å²) in [4.78, 5) is 37.2. The van der Waals surface area contributed by atoms with Gasteiger partial charge in [-0.05, 0) is 50.7 Å². The van der Waals surface area contributed by atoms with E-state index < -0.39 is 16.8 Å². The molecule has 7 nitrogen and oxygen atoms in total. The largest absolute Gasteiger partial charge is 0.459 e. The SMILES string of the molecule is CC(C)OC(=O)c1c(NC(=O)c2ccccc2[N+](=O)[O-])sc2c1CC[C@H](C)C2. The van der Waals surface area contributed by atoms with Crippen LogP contribution in [0, 0.1) is 16.0 Å². The zero-order chi connectivity index (χ0) is 20.4. The molecule has 0 spiro atoms. The molecule has 148 valence electrons. The minimum absolute atomic E-state index is 0.0459. The topological polar surface area (TPSA) is 98.5 Å². The Morgan fingerprint density at radius 1 is 1.32 bits per heavy atom. The Kier molecular flexibility index (Phi) is 5.79. The number of hydrogen-bond acceptors (Lipinski definition) is 6. The van der Waals surface area contributed by atoms with Crippen molar-refractivity contribution in [2.45, 2.75) is 46.1 Å². The van der Waals surface area contributed by atoms with Crippen molar-refractivity contribution >= 4 is 33.9 Å². The zero-order valence-electron chi connectivity index (χ0n) is 16.0. The van der Waals surface area contributed by atoms with Crippen LogP contribution >= 0.6 is 11.3 Å². The molecule has 1 aromatic carbocycles. The maximum atomic E-state index is 12.8. The number of carbonyl (C=O) groups is 2. The number of fused-ring (bicyclic) bond motifs is 1. The van der Waals surface area contributed by atoms with Crippen LogP contribution in [-0.4, -0.2) is 22.9 Å². The summed E-state index contributed by atoms with van der Waals surface area (Å²) < 4.78 is 5.39. The van der Waals surface area contributed by atoms with Crippen LogP contribution in [0.2, 0.25) is 0 Å². The second kappa shape index (κ2) is 8.10. The summed E-state index contributed by atoms with van der Waals surface area (Å²) in [5, 5.41) is 14.3. The van der Waals surface area contributed by atoms with Gasteiger partial charge in [-0.25, -0.2) is 4.79 Å². The molecule has 8 heteroatoms. The van der Waals surface area contributed by atoms with Crippen molar-refractivity contribution in [3.8, 4) is 0 Å². The molecule has 3 rings (SSSR count). The van der Waals surface area contributed by atoms with Gasteiger partial charge < -0.3 is 10.1 Å². The lowest BCUT2D eigenvalue weighted by molar-refractivity contribution is -0.385. The van der Waals surface area contributed by atoms with Crippen LogP contribution in [0.15, 0.2) is 24.3 Å². The highest BCUT2D eigenvalue weighted by atomic mass is 32.1. The number of nitro benzene ring substituents is 1. The highest BCUT2D eigenvalue weighted by molar-refractivity contribution is 7.17. The molecule has 0 fully saturated rings. The van der Waals surface area contributed by atoms with E-state index in [4.69, 9.17) is 4.74 Å². The number of ether oxygens (including phenoxy) is 1. The Labute approximate surface area is 166 Å². The van der Waals surface area contributed by atoms with Gasteiger partial charge in [-0.3, -0.25) is 14.9 Å². The first-order valence-corrected chi connectivity index (χ1v) is 9.99. The number of para-hydroxylation sites is 1. The molecule has 1 aliphatic carbocycles. The fourth-order valence-corrected chi connectivity index (χ4v) is 4.72. The van der Waals surface area contributed by atoms with Gasteiger partial charge in [-0.15, -0.1) is 11.3 Å². The number of hydrogen-bond donors (Lipinski definition) is 1. The molecule has 1 aromatic heterocycles. The highest BCUT2D eigenvalue weighted by Gasteiger charge is 2.30. The summed E-state index contributed by atoms with van der Waals surface area (Å²) in [5.41, 5.74) is 0.982. The van der Waals surface area contributed by atoms with Crippen molar-refractivity contribution < 1.29 is 19.2 Å². The third kappa shape index (κ3) is 4.06. The molecule has 28 heavy (non-hydrogen) atoms. The predicted molar refractivity (Wildman–Crippen MR) is 107 cm³/mol. The number of rotatable bonds is 5. The van der Waals surface area contributed by atoms with E-state index in [9.17, 15) is 19.7 Å². The van der Waals surface area contributed by atoms with Gasteiger partial charge >= 0.3 is 5.97 Å². The molecular formula is C20H22N2O5S. The van der Waals surface area contributed by atoms with Crippen molar-refractivity contribution in [1.29, 1.82) is 0 Å². The van der Waals surface area contributed by atoms with E-state index in [0.717, 1.165) is 29.7 Å². The summed E-state index contributed by atoms with van der Waals surface area (Å²) in [6.45, 7) is 5.69. The van der Waals surface area contributed by atoms with Gasteiger partial charge in [0.15, 0.2) is 0 Å². The lowest BCUT2D eigenvalue weighted by atomic mass is 9.88. The normalized spacial score (nSPS) is 15.8. The number of nitro groups is 1. The number of nitrogens with zero attached hydrogens (tertiary/aromatic N) is 1. The van der Waals surface area contributed by atoms with E-state index in [0.29, 0.717) is 16.5 Å². The van der Waals surface area contributed by atoms with E-state index >= 15 is 0 Å². The first kappa shape index (κ1) is 20.0. The van der Waals surface area contributed by atoms with Crippen LogP contribution in [-0.2, 0) is 17.6 Å². The molecule has 2 aromatic rings. The molecule has 1 heterocycles. The van der Waals surface area contributed by atoms with Crippen molar-refractivity contribution in [2.75, 3.05) is 5.32 Å². The van der Waals surface area contributed by atoms with E-state index in [1.165, 1.54) is 29.5 Å². The molecule has 0 aliphatic heterocycles. The van der Waals surface area contributed by atoms with Crippen molar-refractivity contribution in [3.05, 3.63) is 55.9 Å². The Hall–Kier alpha value is -2.74. The third-order valence-electron chi connectivity index (χ3n) is 4.63. The van der Waals surface area contributed by atoms with Crippen LogP contribution in [0.4, 0.5) is 10.7 Å². The number of carbonyl (C=O) groups excluding carboxylic acids is 2. The standard InChI is InChI=1S/C20H22N2O5S/c1-11(2)27-20(24)17-14-9-8-12(3)10-16(14)28-19(17)21-18(23)13-6-4-5-7-15(13)22(25)26/h4-7,11-12H,8-10H2,1-3H3,(H,21,23)/t12-/m0/s1. The molecular weight excluding hydrogens is 380 g/mol. The molecule has 1 atom stereocenters. The zero-order valence-corrected chi connectivity index (χ0v) is 16.8. The van der Waals surface area contributed by atoms with Gasteiger partial charge in [0.25, 0.3) is 11.6 Å². The van der Waals surface area contributed by atoms with Gasteiger partial charge in [-0.2, -0.15) is 0 Å². The van der Waals surface area contributed by atoms with Crippen molar-refractivity contribution in [3.63, 3.8) is 0 Å². The fourth-order valence-electron chi connectivity index (χ4n) is 3.32. The van der Waals surface area contributed by atoms with Crippen molar-refractivity contribution in [2.24, 2.45) is 5.92 Å². The van der Waals surface area contributed by atoms with Gasteiger partial charge in [0.2, 0.25) is 0 Å². The average Bonchev–Trinajstić information content (AvgIpc) is 2.97. The number of amides is 1. The average molecular weight is 402 g/mol. The molecule has 0 unspecified atom stereocenters. The Morgan fingerprint density at radius 2 is 2.04 bits per heavy atom. The number of anilines is 1. The third-order valence-corrected chi connectivity index (χ3v) is 5.80. The number of thiophene rings is 1. The Bertz CT molecular complexity index is 935. The van der Waals surface area contributed by atoms with Crippen LogP contribution in [0.25, 0.3) is 0 Å². The first-order chi connectivity index (χ1) is 13.3. The second-order valence-electron chi connectivity index (χ2n) is 7.24. The summed E-state index contributed by atoms with van der Waals surface area (Å²) in [6.07, 6.45) is 2.26. The summed E-state index contributed by atoms with van der Waals surface area (Å²) in [6, 6.07) is 5.75. The highest BCUT2D eigenvalue weighted by Crippen LogP contribution is 2.40. The first-order valence-electron chi connectivity index (χ1n) is 9.18. The van der Waals surface area contributed by atoms with E-state index in [-0.39, 0.29) is 17.4 Å². The molecule has 1 aliphatic rings. The summed E-state index contributed by atoms with van der Waals surface area (Å²) in [7, 11) is 0. The summed E-state index contributed by atoms with van der Waals surface area (Å²) in [5.74, 6) is -0.587. The lowest BCUT2D eigenvalue weighted by Gasteiger charge is -2.18. The predicted octanol–water partition coefficient (Wildman–Crippen LogP) is 4.60. The molecule has 0 bridgehead atoms. The van der Waals surface area contributed by atoms with E-state index in [1.54, 1.807) is 19.9 Å². The maximum absolute atomic E-state index is 12.8. The Morgan fingerprint density at radius 3 is 2.71 bits per heavy atom. The maximum Gasteiger partial charge on any atom is 0.341 e. The smallest absolute Gasteiger partial charge is 0.341 e.